The summed E-state index contributed by atoms with van der Waals surface area (Å²) in [7, 11) is 1.62. The minimum atomic E-state index is -0.593. The molecule has 0 atom stereocenters. The Hall–Kier alpha value is -0.120. The van der Waals surface area contributed by atoms with E-state index in [4.69, 9.17) is 10.5 Å². The lowest BCUT2D eigenvalue weighted by Crippen LogP contribution is -2.41. The lowest BCUT2D eigenvalue weighted by Gasteiger charge is -2.33. The van der Waals surface area contributed by atoms with Gasteiger partial charge in [0.05, 0.1) is 12.2 Å². The minimum absolute atomic E-state index is 0.284. The third-order valence-electron chi connectivity index (χ3n) is 2.37. The van der Waals surface area contributed by atoms with E-state index in [-0.39, 0.29) is 6.04 Å². The SMILES string of the molecule is COC[C@]1(O)CC[C@@H](N)CC1. The molecule has 3 heteroatoms. The van der Waals surface area contributed by atoms with Crippen LogP contribution in [0.25, 0.3) is 0 Å². The fourth-order valence-electron chi connectivity index (χ4n) is 1.59. The van der Waals surface area contributed by atoms with Gasteiger partial charge in [0.25, 0.3) is 0 Å². The van der Waals surface area contributed by atoms with Crippen LogP contribution >= 0.6 is 0 Å². The van der Waals surface area contributed by atoms with E-state index in [2.05, 4.69) is 0 Å². The molecule has 1 rings (SSSR count). The molecule has 0 aliphatic heterocycles. The van der Waals surface area contributed by atoms with Crippen LogP contribution in [0.1, 0.15) is 25.7 Å². The van der Waals surface area contributed by atoms with Crippen LogP contribution in [0.2, 0.25) is 0 Å². The van der Waals surface area contributed by atoms with E-state index < -0.39 is 5.60 Å². The Morgan fingerprint density at radius 2 is 2.09 bits per heavy atom. The summed E-state index contributed by atoms with van der Waals surface area (Å²) in [4.78, 5) is 0. The van der Waals surface area contributed by atoms with Gasteiger partial charge in [0.2, 0.25) is 0 Å². The molecule has 0 unspecified atom stereocenters. The van der Waals surface area contributed by atoms with Gasteiger partial charge in [0.15, 0.2) is 0 Å². The highest BCUT2D eigenvalue weighted by atomic mass is 16.5. The Morgan fingerprint density at radius 3 is 2.55 bits per heavy atom. The van der Waals surface area contributed by atoms with E-state index in [1.54, 1.807) is 7.11 Å². The molecular formula is C8H17NO2. The van der Waals surface area contributed by atoms with Crippen LogP contribution in [-0.4, -0.2) is 30.5 Å². The third kappa shape index (κ3) is 2.43. The molecule has 3 nitrogen and oxygen atoms in total. The first-order chi connectivity index (χ1) is 5.16. The first-order valence-corrected chi connectivity index (χ1v) is 4.13. The summed E-state index contributed by atoms with van der Waals surface area (Å²) in [6, 6.07) is 0.284. The first kappa shape index (κ1) is 8.97. The molecule has 0 spiro atoms. The predicted molar refractivity (Wildman–Crippen MR) is 43.3 cm³/mol. The fraction of sp³-hybridized carbons (Fsp3) is 1.00. The summed E-state index contributed by atoms with van der Waals surface area (Å²) < 4.78 is 4.93. The second kappa shape index (κ2) is 3.52. The maximum absolute atomic E-state index is 9.81. The molecule has 0 aromatic carbocycles. The average Bonchev–Trinajstić information content (AvgIpc) is 1.97. The second-order valence-electron chi connectivity index (χ2n) is 3.49. The normalized spacial score (nSPS) is 39.0. The van der Waals surface area contributed by atoms with Gasteiger partial charge in [0.1, 0.15) is 0 Å². The topological polar surface area (TPSA) is 55.5 Å². The van der Waals surface area contributed by atoms with Gasteiger partial charge < -0.3 is 15.6 Å². The predicted octanol–water partition coefficient (Wildman–Crippen LogP) is 0.265. The molecule has 0 saturated heterocycles. The Labute approximate surface area is 67.5 Å². The van der Waals surface area contributed by atoms with E-state index in [1.807, 2.05) is 0 Å². The summed E-state index contributed by atoms with van der Waals surface area (Å²) in [5.41, 5.74) is 5.11. The smallest absolute Gasteiger partial charge is 0.0881 e. The van der Waals surface area contributed by atoms with E-state index in [1.165, 1.54) is 0 Å². The number of ether oxygens (including phenoxy) is 1. The summed E-state index contributed by atoms with van der Waals surface area (Å²) in [5.74, 6) is 0. The lowest BCUT2D eigenvalue weighted by atomic mass is 9.83. The van der Waals surface area contributed by atoms with E-state index in [0.29, 0.717) is 6.61 Å². The number of rotatable bonds is 2. The summed E-state index contributed by atoms with van der Waals surface area (Å²) >= 11 is 0. The van der Waals surface area contributed by atoms with E-state index in [0.717, 1.165) is 25.7 Å². The molecule has 0 heterocycles. The second-order valence-corrected chi connectivity index (χ2v) is 3.49. The molecule has 66 valence electrons. The van der Waals surface area contributed by atoms with Crippen molar-refractivity contribution in [2.45, 2.75) is 37.3 Å². The minimum Gasteiger partial charge on any atom is -0.387 e. The van der Waals surface area contributed by atoms with Crippen LogP contribution in [-0.2, 0) is 4.74 Å². The third-order valence-corrected chi connectivity index (χ3v) is 2.37. The molecule has 0 bridgehead atoms. The van der Waals surface area contributed by atoms with E-state index in [9.17, 15) is 5.11 Å². The van der Waals surface area contributed by atoms with Gasteiger partial charge in [-0.25, -0.2) is 0 Å². The fourth-order valence-corrected chi connectivity index (χ4v) is 1.59. The van der Waals surface area contributed by atoms with Gasteiger partial charge >= 0.3 is 0 Å². The van der Waals surface area contributed by atoms with Gasteiger partial charge in [-0.1, -0.05) is 0 Å². The maximum atomic E-state index is 9.81. The van der Waals surface area contributed by atoms with Crippen LogP contribution in [0, 0.1) is 0 Å². The van der Waals surface area contributed by atoms with Crippen molar-refractivity contribution in [3.8, 4) is 0 Å². The van der Waals surface area contributed by atoms with Crippen molar-refractivity contribution in [1.29, 1.82) is 0 Å². The average molecular weight is 159 g/mol. The van der Waals surface area contributed by atoms with Crippen LogP contribution in [0.4, 0.5) is 0 Å². The molecule has 0 aromatic heterocycles. The number of aliphatic hydroxyl groups is 1. The highest BCUT2D eigenvalue weighted by Crippen LogP contribution is 2.27. The van der Waals surface area contributed by atoms with Crippen molar-refractivity contribution in [3.63, 3.8) is 0 Å². The molecule has 1 aliphatic rings. The Bertz CT molecular complexity index is 119. The summed E-state index contributed by atoms with van der Waals surface area (Å²) in [6.07, 6.45) is 3.39. The maximum Gasteiger partial charge on any atom is 0.0881 e. The highest BCUT2D eigenvalue weighted by Gasteiger charge is 2.31. The lowest BCUT2D eigenvalue weighted by molar-refractivity contribution is -0.0583. The molecule has 11 heavy (non-hydrogen) atoms. The van der Waals surface area contributed by atoms with Crippen LogP contribution in [0.3, 0.4) is 0 Å². The van der Waals surface area contributed by atoms with Crippen LogP contribution < -0.4 is 5.73 Å². The zero-order valence-corrected chi connectivity index (χ0v) is 7.05. The molecular weight excluding hydrogens is 142 g/mol. The van der Waals surface area contributed by atoms with Gasteiger partial charge in [-0.05, 0) is 25.7 Å². The van der Waals surface area contributed by atoms with Gasteiger partial charge in [-0.2, -0.15) is 0 Å². The van der Waals surface area contributed by atoms with Crippen molar-refractivity contribution in [2.24, 2.45) is 5.73 Å². The molecule has 1 aliphatic carbocycles. The Kier molecular flexibility index (Phi) is 2.87. The zero-order valence-electron chi connectivity index (χ0n) is 7.05. The summed E-state index contributed by atoms with van der Waals surface area (Å²) in [5, 5.41) is 9.81. The van der Waals surface area contributed by atoms with Crippen molar-refractivity contribution in [1.82, 2.24) is 0 Å². The van der Waals surface area contributed by atoms with Crippen molar-refractivity contribution < 1.29 is 9.84 Å². The largest absolute Gasteiger partial charge is 0.387 e. The van der Waals surface area contributed by atoms with E-state index >= 15 is 0 Å². The van der Waals surface area contributed by atoms with Crippen molar-refractivity contribution >= 4 is 0 Å². The number of methoxy groups -OCH3 is 1. The molecule has 1 fully saturated rings. The van der Waals surface area contributed by atoms with Gasteiger partial charge in [-0.15, -0.1) is 0 Å². The van der Waals surface area contributed by atoms with Crippen LogP contribution in [0.5, 0.6) is 0 Å². The molecule has 0 amide bonds. The summed E-state index contributed by atoms with van der Waals surface area (Å²) in [6.45, 7) is 0.444. The number of hydrogen-bond donors (Lipinski definition) is 2. The van der Waals surface area contributed by atoms with Gasteiger partial charge in [-0.3, -0.25) is 0 Å². The number of nitrogens with two attached hydrogens (primary N) is 1. The molecule has 3 N–H and O–H groups in total. The quantitative estimate of drug-likeness (QED) is 0.608. The molecule has 0 aromatic rings. The van der Waals surface area contributed by atoms with Gasteiger partial charge in [0, 0.05) is 13.2 Å². The van der Waals surface area contributed by atoms with Crippen LogP contribution in [0.15, 0.2) is 0 Å². The van der Waals surface area contributed by atoms with Crippen molar-refractivity contribution in [2.75, 3.05) is 13.7 Å². The molecule has 1 saturated carbocycles. The Morgan fingerprint density at radius 1 is 1.55 bits per heavy atom. The Balaban J connectivity index is 2.35. The monoisotopic (exact) mass is 159 g/mol. The number of hydrogen-bond acceptors (Lipinski definition) is 3. The molecule has 0 radical (unpaired) electrons. The van der Waals surface area contributed by atoms with Crippen molar-refractivity contribution in [3.05, 3.63) is 0 Å². The highest BCUT2D eigenvalue weighted by molar-refractivity contribution is 4.86. The zero-order chi connectivity index (χ0) is 8.32. The standard InChI is InChI=1S/C8H17NO2/c1-11-6-8(10)4-2-7(9)3-5-8/h7,10H,2-6,9H2,1H3/t7-,8+. The first-order valence-electron chi connectivity index (χ1n) is 4.13.